The molecule has 1 aliphatic rings. The molecule has 0 amide bonds. The van der Waals surface area contributed by atoms with Crippen molar-refractivity contribution in [3.8, 4) is 0 Å². The number of nitrogens with zero attached hydrogens (tertiary/aromatic N) is 5. The van der Waals surface area contributed by atoms with Crippen LogP contribution in [-0.2, 0) is 23.6 Å². The Morgan fingerprint density at radius 3 is 2.66 bits per heavy atom. The molecule has 0 fully saturated rings. The Kier molecular flexibility index (Phi) is 5.08. The number of sulfonamides is 1. The Balaban J connectivity index is 1.66. The third-order valence-electron chi connectivity index (χ3n) is 5.66. The van der Waals surface area contributed by atoms with Gasteiger partial charge in [0.2, 0.25) is 10.0 Å². The van der Waals surface area contributed by atoms with Gasteiger partial charge in [-0.2, -0.15) is 9.40 Å². The normalized spacial score (nSPS) is 15.8. The smallest absolute Gasteiger partial charge is 0.247 e. The van der Waals surface area contributed by atoms with E-state index in [9.17, 15) is 8.42 Å². The van der Waals surface area contributed by atoms with Crippen molar-refractivity contribution in [2.24, 2.45) is 7.05 Å². The van der Waals surface area contributed by atoms with Crippen LogP contribution < -0.4 is 0 Å². The van der Waals surface area contributed by atoms with Gasteiger partial charge in [-0.15, -0.1) is 0 Å². The Hall–Kier alpha value is -2.45. The second kappa shape index (κ2) is 7.42. The van der Waals surface area contributed by atoms with Crippen LogP contribution in [0.3, 0.4) is 0 Å². The number of rotatable bonds is 5. The van der Waals surface area contributed by atoms with Crippen molar-refractivity contribution in [3.63, 3.8) is 0 Å². The average molecular weight is 414 g/mol. The molecule has 1 aliphatic heterocycles. The predicted molar refractivity (Wildman–Crippen MR) is 114 cm³/mol. The van der Waals surface area contributed by atoms with E-state index in [4.69, 9.17) is 0 Å². The second-order valence-corrected chi connectivity index (χ2v) is 9.45. The molecule has 0 spiro atoms. The minimum Gasteiger partial charge on any atom is -0.332 e. The van der Waals surface area contributed by atoms with Crippen LogP contribution in [0.5, 0.6) is 0 Å². The van der Waals surface area contributed by atoms with Gasteiger partial charge in [0, 0.05) is 50.0 Å². The molecule has 8 heteroatoms. The summed E-state index contributed by atoms with van der Waals surface area (Å²) in [5, 5.41) is 5.40. The van der Waals surface area contributed by atoms with Crippen LogP contribution in [-0.4, -0.2) is 45.1 Å². The molecule has 7 nitrogen and oxygen atoms in total. The summed E-state index contributed by atoms with van der Waals surface area (Å²) < 4.78 is 31.8. The van der Waals surface area contributed by atoms with Crippen LogP contribution in [0.1, 0.15) is 36.7 Å². The molecule has 0 N–H and O–H groups in total. The highest BCUT2D eigenvalue weighted by atomic mass is 32.2. The first-order chi connectivity index (χ1) is 13.8. The average Bonchev–Trinajstić information content (AvgIpc) is 3.19. The number of aromatic nitrogens is 4. The van der Waals surface area contributed by atoms with Crippen molar-refractivity contribution in [3.05, 3.63) is 47.6 Å². The van der Waals surface area contributed by atoms with Gasteiger partial charge < -0.3 is 4.57 Å². The molecule has 4 heterocycles. The lowest BCUT2D eigenvalue weighted by Gasteiger charge is -2.26. The van der Waals surface area contributed by atoms with Crippen molar-refractivity contribution >= 4 is 26.6 Å². The minimum atomic E-state index is -3.57. The van der Waals surface area contributed by atoms with Crippen LogP contribution in [0.15, 0.2) is 35.5 Å². The Morgan fingerprint density at radius 2 is 2.03 bits per heavy atom. The first kappa shape index (κ1) is 19.8. The first-order valence-electron chi connectivity index (χ1n) is 9.98. The summed E-state index contributed by atoms with van der Waals surface area (Å²) in [5.74, 6) is 0. The van der Waals surface area contributed by atoms with E-state index >= 15 is 0 Å². The van der Waals surface area contributed by atoms with Gasteiger partial charge in [0.25, 0.3) is 0 Å². The van der Waals surface area contributed by atoms with E-state index in [2.05, 4.69) is 33.8 Å². The largest absolute Gasteiger partial charge is 0.332 e. The molecule has 154 valence electrons. The fraction of sp³-hybridized carbons (Fsp3) is 0.429. The molecule has 0 saturated carbocycles. The third kappa shape index (κ3) is 3.30. The van der Waals surface area contributed by atoms with Crippen LogP contribution in [0.25, 0.3) is 16.6 Å². The Morgan fingerprint density at radius 1 is 1.24 bits per heavy atom. The van der Waals surface area contributed by atoms with Crippen LogP contribution in [0.2, 0.25) is 0 Å². The van der Waals surface area contributed by atoms with Gasteiger partial charge in [-0.25, -0.2) is 13.4 Å². The quantitative estimate of drug-likeness (QED) is 0.643. The van der Waals surface area contributed by atoms with E-state index in [1.165, 1.54) is 5.57 Å². The molecule has 3 aromatic rings. The number of fused-ring (bicyclic) bond motifs is 1. The van der Waals surface area contributed by atoms with Gasteiger partial charge >= 0.3 is 0 Å². The van der Waals surface area contributed by atoms with Crippen molar-refractivity contribution in [2.45, 2.75) is 45.1 Å². The Bertz CT molecular complexity index is 1200. The summed E-state index contributed by atoms with van der Waals surface area (Å²) in [4.78, 5) is 4.88. The molecule has 3 aromatic heterocycles. The summed E-state index contributed by atoms with van der Waals surface area (Å²) >= 11 is 0. The molecule has 0 aromatic carbocycles. The van der Waals surface area contributed by atoms with Gasteiger partial charge in [-0.1, -0.05) is 13.0 Å². The standard InChI is InChI=1S/C21H27N5O2S/c1-5-11-25-14-19(18-7-6-10-22-21(18)25)17-8-12-26(13-9-17)29(27,28)20-15(2)23-24(4)16(20)3/h6-8,10,14H,5,9,11-13H2,1-4H3. The fourth-order valence-corrected chi connectivity index (χ4v) is 5.94. The van der Waals surface area contributed by atoms with Crippen LogP contribution >= 0.6 is 0 Å². The van der Waals surface area contributed by atoms with Gasteiger partial charge in [0.15, 0.2) is 0 Å². The van der Waals surface area contributed by atoms with Crippen LogP contribution in [0, 0.1) is 13.8 Å². The van der Waals surface area contributed by atoms with Gasteiger partial charge in [-0.3, -0.25) is 4.68 Å². The maximum absolute atomic E-state index is 13.2. The SMILES string of the molecule is CCCn1cc(C2=CCN(S(=O)(=O)c3c(C)nn(C)c3C)CC2)c2cccnc21. The molecule has 0 bridgehead atoms. The summed E-state index contributed by atoms with van der Waals surface area (Å²) in [6.07, 6.45) is 7.74. The zero-order chi connectivity index (χ0) is 20.8. The molecular weight excluding hydrogens is 386 g/mol. The number of hydrogen-bond donors (Lipinski definition) is 0. The summed E-state index contributed by atoms with van der Waals surface area (Å²) in [5.41, 5.74) is 4.55. The van der Waals surface area contributed by atoms with E-state index in [1.54, 1.807) is 29.9 Å². The molecule has 0 saturated heterocycles. The summed E-state index contributed by atoms with van der Waals surface area (Å²) in [6.45, 7) is 7.45. The highest BCUT2D eigenvalue weighted by molar-refractivity contribution is 7.89. The summed E-state index contributed by atoms with van der Waals surface area (Å²) in [6, 6.07) is 4.05. The van der Waals surface area contributed by atoms with E-state index in [0.29, 0.717) is 35.8 Å². The van der Waals surface area contributed by atoms with Gasteiger partial charge in [0.05, 0.1) is 11.4 Å². The Labute approximate surface area is 171 Å². The topological polar surface area (TPSA) is 73.0 Å². The zero-order valence-corrected chi connectivity index (χ0v) is 18.2. The maximum Gasteiger partial charge on any atom is 0.247 e. The predicted octanol–water partition coefficient (Wildman–Crippen LogP) is 3.27. The number of hydrogen-bond acceptors (Lipinski definition) is 4. The minimum absolute atomic E-state index is 0.334. The van der Waals surface area contributed by atoms with Crippen molar-refractivity contribution in [2.75, 3.05) is 13.1 Å². The lowest BCUT2D eigenvalue weighted by molar-refractivity contribution is 0.440. The van der Waals surface area contributed by atoms with E-state index < -0.39 is 10.0 Å². The molecule has 0 radical (unpaired) electrons. The molecule has 0 unspecified atom stereocenters. The lowest BCUT2D eigenvalue weighted by Crippen LogP contribution is -2.35. The fourth-order valence-electron chi connectivity index (χ4n) is 4.16. The van der Waals surface area contributed by atoms with Crippen LogP contribution in [0.4, 0.5) is 0 Å². The molecule has 0 aliphatic carbocycles. The van der Waals surface area contributed by atoms with E-state index in [1.807, 2.05) is 18.3 Å². The third-order valence-corrected chi connectivity index (χ3v) is 7.77. The van der Waals surface area contributed by atoms with Gasteiger partial charge in [0.1, 0.15) is 10.5 Å². The van der Waals surface area contributed by atoms with E-state index in [0.717, 1.165) is 29.6 Å². The van der Waals surface area contributed by atoms with E-state index in [-0.39, 0.29) is 0 Å². The highest BCUT2D eigenvalue weighted by Gasteiger charge is 2.31. The molecule has 4 rings (SSSR count). The van der Waals surface area contributed by atoms with Crippen molar-refractivity contribution < 1.29 is 8.42 Å². The molecule has 29 heavy (non-hydrogen) atoms. The molecule has 0 atom stereocenters. The monoisotopic (exact) mass is 413 g/mol. The highest BCUT2D eigenvalue weighted by Crippen LogP contribution is 2.32. The number of pyridine rings is 1. The zero-order valence-electron chi connectivity index (χ0n) is 17.4. The lowest BCUT2D eigenvalue weighted by atomic mass is 10.0. The van der Waals surface area contributed by atoms with Crippen molar-refractivity contribution in [1.82, 2.24) is 23.6 Å². The molecular formula is C21H27N5O2S. The first-order valence-corrected chi connectivity index (χ1v) is 11.4. The summed E-state index contributed by atoms with van der Waals surface area (Å²) in [7, 11) is -1.79. The number of aryl methyl sites for hydroxylation is 3. The van der Waals surface area contributed by atoms with Gasteiger partial charge in [-0.05, 0) is 44.4 Å². The second-order valence-electron chi connectivity index (χ2n) is 7.58. The van der Waals surface area contributed by atoms with Crippen molar-refractivity contribution in [1.29, 1.82) is 0 Å². The maximum atomic E-state index is 13.2.